The number of rotatable bonds is 5. The Morgan fingerprint density at radius 3 is 2.17 bits per heavy atom. The van der Waals surface area contributed by atoms with Gasteiger partial charge in [-0.15, -0.1) is 0 Å². The van der Waals surface area contributed by atoms with Gasteiger partial charge in [0.05, 0.1) is 25.9 Å². The molecular formula is C44H44N2O7. The highest BCUT2D eigenvalue weighted by molar-refractivity contribution is 5.91. The minimum absolute atomic E-state index is 0.0447. The van der Waals surface area contributed by atoms with Gasteiger partial charge < -0.3 is 29.2 Å². The Hall–Kier alpha value is -5.19. The van der Waals surface area contributed by atoms with Gasteiger partial charge in [0.1, 0.15) is 11.5 Å². The number of aliphatic hydroxyl groups excluding tert-OH is 2. The first-order chi connectivity index (χ1) is 25.8. The average Bonchev–Trinajstić information content (AvgIpc) is 3.18. The van der Waals surface area contributed by atoms with Gasteiger partial charge in [0.25, 0.3) is 0 Å². The van der Waals surface area contributed by atoms with Gasteiger partial charge in [-0.1, -0.05) is 36.4 Å². The fourth-order valence-electron chi connectivity index (χ4n) is 8.02. The van der Waals surface area contributed by atoms with Crippen molar-refractivity contribution in [2.24, 2.45) is 0 Å². The number of carbonyl (C=O) groups is 1. The lowest BCUT2D eigenvalue weighted by Gasteiger charge is -2.37. The summed E-state index contributed by atoms with van der Waals surface area (Å²) in [5, 5.41) is 21.5. The van der Waals surface area contributed by atoms with Crippen LogP contribution in [0.3, 0.4) is 0 Å². The zero-order valence-electron chi connectivity index (χ0n) is 30.3. The molecule has 272 valence electrons. The molecule has 0 saturated carbocycles. The predicted molar refractivity (Wildman–Crippen MR) is 201 cm³/mol. The van der Waals surface area contributed by atoms with E-state index in [9.17, 15) is 15.0 Å². The van der Waals surface area contributed by atoms with Crippen LogP contribution >= 0.6 is 0 Å². The van der Waals surface area contributed by atoms with Gasteiger partial charge >= 0.3 is 5.97 Å². The lowest BCUT2D eigenvalue weighted by atomic mass is 9.86. The third-order valence-electron chi connectivity index (χ3n) is 11.0. The first-order valence-corrected chi connectivity index (χ1v) is 18.2. The Morgan fingerprint density at radius 1 is 0.755 bits per heavy atom. The van der Waals surface area contributed by atoms with Gasteiger partial charge in [-0.25, -0.2) is 4.79 Å². The van der Waals surface area contributed by atoms with Gasteiger partial charge in [0.2, 0.25) is 0 Å². The molecule has 0 radical (unpaired) electrons. The lowest BCUT2D eigenvalue weighted by molar-refractivity contribution is 0.0725. The van der Waals surface area contributed by atoms with Gasteiger partial charge in [0.15, 0.2) is 23.0 Å². The first-order valence-electron chi connectivity index (χ1n) is 18.2. The van der Waals surface area contributed by atoms with Crippen molar-refractivity contribution in [2.45, 2.75) is 51.0 Å². The number of fused-ring (bicyclic) bond motifs is 2. The maximum absolute atomic E-state index is 13.7. The number of likely N-dealkylation sites (N-methyl/N-ethyl adjacent to an activating group) is 2. The van der Waals surface area contributed by atoms with E-state index in [0.717, 1.165) is 59.5 Å². The molecule has 6 bridgehead atoms. The van der Waals surface area contributed by atoms with Gasteiger partial charge in [-0.3, -0.25) is 9.80 Å². The van der Waals surface area contributed by atoms with E-state index in [-0.39, 0.29) is 31.0 Å². The number of carbonyl (C=O) groups excluding carboxylic acids is 1. The zero-order chi connectivity index (χ0) is 36.6. The first kappa shape index (κ1) is 34.9. The minimum atomic E-state index is -0.558. The third-order valence-corrected chi connectivity index (χ3v) is 11.0. The largest absolute Gasteiger partial charge is 0.493 e. The van der Waals surface area contributed by atoms with E-state index >= 15 is 0 Å². The van der Waals surface area contributed by atoms with Crippen molar-refractivity contribution in [3.8, 4) is 34.5 Å². The maximum Gasteiger partial charge on any atom is 0.343 e. The van der Waals surface area contributed by atoms with Crippen LogP contribution in [0.1, 0.15) is 66.9 Å². The van der Waals surface area contributed by atoms with Crippen LogP contribution in [0.4, 0.5) is 0 Å². The Balaban J connectivity index is 1.36. The summed E-state index contributed by atoms with van der Waals surface area (Å²) in [6, 6.07) is 28.9. The van der Waals surface area contributed by atoms with Crippen LogP contribution < -0.4 is 18.9 Å². The molecular weight excluding hydrogens is 668 g/mol. The van der Waals surface area contributed by atoms with Crippen LogP contribution in [-0.4, -0.2) is 60.3 Å². The molecule has 0 fully saturated rings. The standard InChI is InChI=1S/C44H44N2O7/c1-45-17-15-30-22-32(25-47)39-24-35(30)36(45)19-27-9-12-34(13-10-27)51-40-21-28(11-14-38(40)50-3)20-37-41-31(16-18-46(37)2)23-33(26-48)42(43(41)52-39)53-44(49)29-7-5-4-6-8-29/h4-14,21-24,36-37,47-48H,15-20,25-26H2,1-3H3/t36-,37-/m0/s1. The number of nitrogens with zero attached hydrogens (tertiary/aromatic N) is 2. The van der Waals surface area contributed by atoms with Gasteiger partial charge in [-0.2, -0.15) is 0 Å². The van der Waals surface area contributed by atoms with E-state index < -0.39 is 5.97 Å². The number of esters is 1. The second-order valence-corrected chi connectivity index (χ2v) is 14.2. The summed E-state index contributed by atoms with van der Waals surface area (Å²) in [7, 11) is 5.86. The van der Waals surface area contributed by atoms with Gasteiger partial charge in [-0.05, 0) is 122 Å². The molecule has 0 spiro atoms. The van der Waals surface area contributed by atoms with E-state index in [1.807, 2.05) is 42.5 Å². The molecule has 9 rings (SSSR count). The number of hydrogen-bond donors (Lipinski definition) is 2. The Labute approximate surface area is 309 Å². The minimum Gasteiger partial charge on any atom is -0.493 e. The smallest absolute Gasteiger partial charge is 0.343 e. The van der Waals surface area contributed by atoms with Crippen molar-refractivity contribution in [2.75, 3.05) is 34.3 Å². The number of aliphatic hydroxyl groups is 2. The summed E-state index contributed by atoms with van der Waals surface area (Å²) in [5.41, 5.74) is 7.82. The fourth-order valence-corrected chi connectivity index (χ4v) is 8.02. The highest BCUT2D eigenvalue weighted by Crippen LogP contribution is 2.49. The molecule has 0 saturated heterocycles. The fraction of sp³-hybridized carbons (Fsp3) is 0.295. The van der Waals surface area contributed by atoms with Gasteiger partial charge in [0, 0.05) is 41.9 Å². The molecule has 0 amide bonds. The highest BCUT2D eigenvalue weighted by atomic mass is 16.6. The summed E-state index contributed by atoms with van der Waals surface area (Å²) in [6.07, 6.45) is 2.87. The molecule has 0 unspecified atom stereocenters. The van der Waals surface area contributed by atoms with Crippen LogP contribution in [0.2, 0.25) is 0 Å². The summed E-state index contributed by atoms with van der Waals surface area (Å²) in [5.74, 6) is 2.42. The second-order valence-electron chi connectivity index (χ2n) is 14.2. The quantitative estimate of drug-likeness (QED) is 0.143. The molecule has 4 aliphatic rings. The predicted octanol–water partition coefficient (Wildman–Crippen LogP) is 7.34. The molecule has 9 heteroatoms. The highest BCUT2D eigenvalue weighted by Gasteiger charge is 2.35. The Bertz CT molecular complexity index is 2150. The van der Waals surface area contributed by atoms with Crippen molar-refractivity contribution in [1.82, 2.24) is 9.80 Å². The van der Waals surface area contributed by atoms with Crippen LogP contribution in [0.5, 0.6) is 34.5 Å². The summed E-state index contributed by atoms with van der Waals surface area (Å²) in [4.78, 5) is 18.4. The molecule has 9 nitrogen and oxygen atoms in total. The molecule has 5 aromatic carbocycles. The Morgan fingerprint density at radius 2 is 1.43 bits per heavy atom. The topological polar surface area (TPSA) is 101 Å². The second kappa shape index (κ2) is 14.7. The van der Waals surface area contributed by atoms with Crippen molar-refractivity contribution >= 4 is 5.97 Å². The van der Waals surface area contributed by atoms with E-state index in [1.54, 1.807) is 31.4 Å². The molecule has 0 aromatic heterocycles. The number of ether oxygens (including phenoxy) is 4. The van der Waals surface area contributed by atoms with E-state index in [4.69, 9.17) is 18.9 Å². The summed E-state index contributed by atoms with van der Waals surface area (Å²) in [6.45, 7) is 1.05. The van der Waals surface area contributed by atoms with Crippen LogP contribution in [0.15, 0.2) is 91.0 Å². The normalized spacial score (nSPS) is 18.2. The maximum atomic E-state index is 13.7. The summed E-state index contributed by atoms with van der Waals surface area (Å²) < 4.78 is 25.5. The molecule has 0 aliphatic carbocycles. The van der Waals surface area contributed by atoms with E-state index in [0.29, 0.717) is 52.5 Å². The third kappa shape index (κ3) is 6.77. The lowest BCUT2D eigenvalue weighted by Crippen LogP contribution is -2.34. The Kier molecular flexibility index (Phi) is 9.66. The molecule has 4 heterocycles. The molecule has 4 aliphatic heterocycles. The molecule has 5 aromatic rings. The number of hydrogen-bond acceptors (Lipinski definition) is 9. The van der Waals surface area contributed by atoms with Crippen LogP contribution in [0, 0.1) is 0 Å². The van der Waals surface area contributed by atoms with E-state index in [1.165, 1.54) is 5.56 Å². The molecule has 2 atom stereocenters. The van der Waals surface area contributed by atoms with Crippen molar-refractivity contribution in [3.63, 3.8) is 0 Å². The monoisotopic (exact) mass is 712 g/mol. The van der Waals surface area contributed by atoms with Crippen LogP contribution in [0.25, 0.3) is 0 Å². The summed E-state index contributed by atoms with van der Waals surface area (Å²) >= 11 is 0. The average molecular weight is 713 g/mol. The van der Waals surface area contributed by atoms with E-state index in [2.05, 4.69) is 48.2 Å². The molecule has 2 N–H and O–H groups in total. The zero-order valence-corrected chi connectivity index (χ0v) is 30.3. The number of methoxy groups -OCH3 is 1. The molecule has 53 heavy (non-hydrogen) atoms. The van der Waals surface area contributed by atoms with Crippen molar-refractivity contribution in [1.29, 1.82) is 0 Å². The number of benzene rings is 5. The van der Waals surface area contributed by atoms with Crippen molar-refractivity contribution in [3.05, 3.63) is 141 Å². The SMILES string of the molecule is COc1ccc2cc1Oc1ccc(cc1)C[C@H]1c3cc(c(CO)cc3CCN1C)Oc1c(OC(=O)c3ccccc3)c(CO)cc3c1[C@H](C2)N(C)CC3. The van der Waals surface area contributed by atoms with Crippen LogP contribution in [-0.2, 0) is 38.9 Å². The van der Waals surface area contributed by atoms with Crippen molar-refractivity contribution < 1.29 is 34.0 Å².